The molecule has 53 heavy (non-hydrogen) atoms. The van der Waals surface area contributed by atoms with Crippen LogP contribution in [0.1, 0.15) is 58.1 Å². The average Bonchev–Trinajstić information content (AvgIpc) is 3.37. The number of aromatic nitrogens is 2. The van der Waals surface area contributed by atoms with Crippen LogP contribution in [0.5, 0.6) is 0 Å². The van der Waals surface area contributed by atoms with Crippen LogP contribution >= 0.6 is 23.2 Å². The first kappa shape index (κ1) is 44.2. The number of nitrogens with zero attached hydrogens (tertiary/aromatic N) is 5. The molecule has 3 rings (SSSR count). The van der Waals surface area contributed by atoms with E-state index in [1.807, 2.05) is 0 Å². The van der Waals surface area contributed by atoms with Gasteiger partial charge in [0, 0.05) is 32.0 Å². The largest absolute Gasteiger partial charge is 0.371 e. The number of carbonyl (C=O) groups is 1. The minimum Gasteiger partial charge on any atom is -0.371 e. The fraction of sp³-hybridized carbons (Fsp3) is 0.448. The maximum absolute atomic E-state index is 13.2. The molecule has 0 unspecified atom stereocenters. The van der Waals surface area contributed by atoms with Gasteiger partial charge in [-0.15, -0.1) is 10.2 Å². The second kappa shape index (κ2) is 17.5. The zero-order valence-corrected chi connectivity index (χ0v) is 33.5. The molecule has 0 radical (unpaired) electrons. The van der Waals surface area contributed by atoms with E-state index in [1.54, 1.807) is 24.8 Å². The molecule has 0 aliphatic carbocycles. The third-order valence-corrected chi connectivity index (χ3v) is 11.5. The highest BCUT2D eigenvalue weighted by atomic mass is 35.5. The molecule has 0 spiro atoms. The van der Waals surface area contributed by atoms with Gasteiger partial charge in [0.2, 0.25) is 5.91 Å². The molecule has 18 nitrogen and oxygen atoms in total. The lowest BCUT2D eigenvalue weighted by molar-refractivity contribution is -0.114. The molecule has 4 N–H and O–H groups in total. The normalized spacial score (nSPS) is 12.9. The minimum absolute atomic E-state index is 0.0267. The van der Waals surface area contributed by atoms with Crippen molar-refractivity contribution in [2.45, 2.75) is 62.2 Å². The summed E-state index contributed by atoms with van der Waals surface area (Å²) in [5, 5.41) is 14.8. The fourth-order valence-electron chi connectivity index (χ4n) is 5.03. The van der Waals surface area contributed by atoms with Crippen molar-refractivity contribution >= 4 is 92.2 Å². The van der Waals surface area contributed by atoms with Crippen LogP contribution in [-0.4, -0.2) is 93.9 Å². The maximum atomic E-state index is 13.2. The minimum atomic E-state index is -4.74. The summed E-state index contributed by atoms with van der Waals surface area (Å²) >= 11 is 12.8. The SMILES string of the molecule is CC(=O)Nc1cc(N(CCCCS(=O)(=O)O)CCCCS(=O)(=O)O)ccc1N=Nc1c(S(C)(=O)=O)c(C(C)C)nn1-c1c(Cl)cc(S(=O)(=O)O)cc1Cl. The van der Waals surface area contributed by atoms with Crippen LogP contribution < -0.4 is 10.2 Å². The Bertz CT molecular complexity index is 2270. The number of nitrogens with one attached hydrogen (secondary N) is 1. The van der Waals surface area contributed by atoms with Crippen molar-refractivity contribution in [2.75, 3.05) is 41.1 Å². The van der Waals surface area contributed by atoms with Crippen LogP contribution in [0, 0.1) is 0 Å². The van der Waals surface area contributed by atoms with Crippen LogP contribution in [0.2, 0.25) is 10.0 Å². The number of azo groups is 1. The van der Waals surface area contributed by atoms with Crippen molar-refractivity contribution in [1.29, 1.82) is 0 Å². The van der Waals surface area contributed by atoms with Crippen molar-refractivity contribution in [3.8, 4) is 5.69 Å². The van der Waals surface area contributed by atoms with E-state index in [-0.39, 0.29) is 69.4 Å². The van der Waals surface area contributed by atoms with Gasteiger partial charge >= 0.3 is 0 Å². The van der Waals surface area contributed by atoms with Gasteiger partial charge < -0.3 is 10.2 Å². The zero-order chi connectivity index (χ0) is 40.1. The number of halogens is 2. The quantitative estimate of drug-likeness (QED) is 0.0702. The number of carbonyl (C=O) groups excluding carboxylic acids is 1. The topological polar surface area (TPSA) is 272 Å². The molecule has 0 saturated carbocycles. The number of rotatable bonds is 18. The highest BCUT2D eigenvalue weighted by Crippen LogP contribution is 2.41. The molecule has 1 amide bonds. The van der Waals surface area contributed by atoms with Gasteiger partial charge in [0.25, 0.3) is 30.4 Å². The monoisotopic (exact) mass is 860 g/mol. The Balaban J connectivity index is 2.19. The molecular weight excluding hydrogens is 824 g/mol. The summed E-state index contributed by atoms with van der Waals surface area (Å²) in [4.78, 5) is 13.1. The van der Waals surface area contributed by atoms with Crippen LogP contribution in [0.4, 0.5) is 22.9 Å². The summed E-state index contributed by atoms with van der Waals surface area (Å²) in [6, 6.07) is 6.30. The van der Waals surface area contributed by atoms with E-state index in [4.69, 9.17) is 32.3 Å². The highest BCUT2D eigenvalue weighted by molar-refractivity contribution is 7.91. The zero-order valence-electron chi connectivity index (χ0n) is 28.8. The lowest BCUT2D eigenvalue weighted by Crippen LogP contribution is -2.26. The number of benzene rings is 2. The van der Waals surface area contributed by atoms with Gasteiger partial charge in [-0.05, 0) is 61.9 Å². The Morgan fingerprint density at radius 2 is 1.40 bits per heavy atom. The van der Waals surface area contributed by atoms with Gasteiger partial charge in [-0.2, -0.15) is 30.4 Å². The van der Waals surface area contributed by atoms with E-state index >= 15 is 0 Å². The molecule has 294 valence electrons. The Hall–Kier alpha value is -3.22. The average molecular weight is 862 g/mol. The number of sulfone groups is 1. The molecule has 2 aromatic carbocycles. The van der Waals surface area contributed by atoms with E-state index in [0.717, 1.165) is 23.1 Å². The standard InChI is InChI=1S/C29H38Cl2N6O12S4/c1-18(2)26-28(50(4,39)40)29(37(35-26)27-22(30)16-21(17-23(27)31)53(47,48)49)34-33-24-10-9-20(15-25(24)32-19(3)38)36(11-5-7-13-51(41,42)43)12-6-8-14-52(44,45)46/h9-10,15-18H,5-8,11-14H2,1-4H3,(H,32,38)(H,41,42,43)(H,44,45,46)(H,47,48,49). The van der Waals surface area contributed by atoms with Gasteiger partial charge in [0.15, 0.2) is 15.7 Å². The number of unbranched alkanes of at least 4 members (excludes halogenated alkanes) is 2. The number of amides is 1. The van der Waals surface area contributed by atoms with E-state index in [9.17, 15) is 43.0 Å². The van der Waals surface area contributed by atoms with E-state index in [1.165, 1.54) is 19.1 Å². The third-order valence-electron chi connectivity index (χ3n) is 7.33. The molecule has 24 heteroatoms. The van der Waals surface area contributed by atoms with Crippen molar-refractivity contribution in [3.63, 3.8) is 0 Å². The van der Waals surface area contributed by atoms with E-state index in [0.29, 0.717) is 18.5 Å². The Kier molecular flexibility index (Phi) is 14.6. The Morgan fingerprint density at radius 1 is 0.868 bits per heavy atom. The predicted molar refractivity (Wildman–Crippen MR) is 199 cm³/mol. The smallest absolute Gasteiger partial charge is 0.294 e. The molecule has 0 atom stereocenters. The molecule has 3 aromatic rings. The first-order valence-corrected chi connectivity index (χ1v) is 22.9. The highest BCUT2D eigenvalue weighted by Gasteiger charge is 2.30. The van der Waals surface area contributed by atoms with Crippen LogP contribution in [0.25, 0.3) is 5.69 Å². The van der Waals surface area contributed by atoms with Crippen molar-refractivity contribution in [3.05, 3.63) is 46.1 Å². The summed E-state index contributed by atoms with van der Waals surface area (Å²) in [5.74, 6) is -2.36. The fourth-order valence-corrected chi connectivity index (χ4v) is 8.59. The summed E-state index contributed by atoms with van der Waals surface area (Å²) in [7, 11) is -17.2. The number of hydrogen-bond acceptors (Lipinski definition) is 13. The van der Waals surface area contributed by atoms with Gasteiger partial charge in [0.1, 0.15) is 16.3 Å². The van der Waals surface area contributed by atoms with Crippen LogP contribution in [-0.2, 0) is 45.0 Å². The van der Waals surface area contributed by atoms with Gasteiger partial charge in [-0.1, -0.05) is 37.0 Å². The first-order valence-electron chi connectivity index (χ1n) is 15.6. The van der Waals surface area contributed by atoms with Gasteiger partial charge in [0.05, 0.1) is 37.8 Å². The molecule has 1 aromatic heterocycles. The predicted octanol–water partition coefficient (Wildman–Crippen LogP) is 5.47. The first-order chi connectivity index (χ1) is 24.3. The van der Waals surface area contributed by atoms with Gasteiger partial charge in [-0.3, -0.25) is 18.5 Å². The third kappa shape index (κ3) is 13.0. The van der Waals surface area contributed by atoms with Crippen molar-refractivity contribution in [1.82, 2.24) is 9.78 Å². The van der Waals surface area contributed by atoms with E-state index < -0.39 is 68.4 Å². The summed E-state index contributed by atoms with van der Waals surface area (Å²) in [5.41, 5.74) is 0.474. The maximum Gasteiger partial charge on any atom is 0.294 e. The second-order valence-electron chi connectivity index (χ2n) is 12.1. The summed E-state index contributed by atoms with van der Waals surface area (Å²) in [6.45, 7) is 5.04. The van der Waals surface area contributed by atoms with Crippen molar-refractivity contribution in [2.24, 2.45) is 10.2 Å². The number of hydrogen-bond donors (Lipinski definition) is 4. The lowest BCUT2D eigenvalue weighted by Gasteiger charge is -2.26. The molecule has 1 heterocycles. The molecule has 0 aliphatic rings. The molecule has 0 fully saturated rings. The second-order valence-corrected chi connectivity index (χ2v) is 19.5. The molecular formula is C29H38Cl2N6O12S4. The summed E-state index contributed by atoms with van der Waals surface area (Å²) < 4.78 is 123. The lowest BCUT2D eigenvalue weighted by atomic mass is 10.1. The summed E-state index contributed by atoms with van der Waals surface area (Å²) in [6.07, 6.45) is 1.71. The Labute approximate surface area is 317 Å². The molecule has 0 aliphatic heterocycles. The van der Waals surface area contributed by atoms with E-state index in [2.05, 4.69) is 20.6 Å². The Morgan fingerprint density at radius 3 is 1.83 bits per heavy atom. The number of anilines is 2. The van der Waals surface area contributed by atoms with Crippen LogP contribution in [0.15, 0.2) is 50.4 Å². The van der Waals surface area contributed by atoms with Crippen molar-refractivity contribution < 1.29 is 52.1 Å². The molecule has 0 saturated heterocycles. The van der Waals surface area contributed by atoms with Crippen LogP contribution in [0.3, 0.4) is 0 Å². The van der Waals surface area contributed by atoms with Gasteiger partial charge in [-0.25, -0.2) is 13.1 Å². The molecule has 0 bridgehead atoms.